The molecular weight excluding hydrogens is 716 g/mol. The second-order valence-electron chi connectivity index (χ2n) is 13.6. The Morgan fingerprint density at radius 3 is 1.59 bits per heavy atom. The highest BCUT2D eigenvalue weighted by molar-refractivity contribution is 6.26. The monoisotopic (exact) mass is 772 g/mol. The molecule has 0 fully saturated rings. The van der Waals surface area contributed by atoms with Crippen LogP contribution in [0.3, 0.4) is 0 Å². The molecule has 56 heavy (non-hydrogen) atoms. The van der Waals surface area contributed by atoms with Gasteiger partial charge in [-0.2, -0.15) is 0 Å². The number of hydrogen-bond donors (Lipinski definition) is 4. The van der Waals surface area contributed by atoms with E-state index in [4.69, 9.17) is 39.9 Å². The first-order chi connectivity index (χ1) is 27.6. The molecule has 302 valence electrons. The SMILES string of the molecule is NCCOCCOCCNc1ccc2c3c(cccc13)CN(CCOCCOCCN1C(=O)c3cccc4c(NCCOCCOCCN)ccc(c34)C1=O)C2. The molecule has 0 aromatic heterocycles. The molecule has 2 aliphatic rings. The van der Waals surface area contributed by atoms with Gasteiger partial charge in [-0.25, -0.2) is 0 Å². The van der Waals surface area contributed by atoms with Crippen molar-refractivity contribution in [3.63, 3.8) is 0 Å². The molecule has 4 aromatic carbocycles. The Morgan fingerprint density at radius 1 is 0.500 bits per heavy atom. The minimum atomic E-state index is -0.317. The first-order valence-corrected chi connectivity index (χ1v) is 19.6. The lowest BCUT2D eigenvalue weighted by molar-refractivity contribution is 0.0274. The summed E-state index contributed by atoms with van der Waals surface area (Å²) >= 11 is 0. The zero-order valence-corrected chi connectivity index (χ0v) is 32.2. The number of nitrogens with zero attached hydrogens (tertiary/aromatic N) is 2. The molecule has 4 aromatic rings. The number of carbonyl (C=O) groups excluding carboxylic acids is 2. The smallest absolute Gasteiger partial charge is 0.261 e. The van der Waals surface area contributed by atoms with Crippen LogP contribution < -0.4 is 22.1 Å². The lowest BCUT2D eigenvalue weighted by Crippen LogP contribution is -2.42. The Labute approximate surface area is 328 Å². The molecule has 0 bridgehead atoms. The van der Waals surface area contributed by atoms with Gasteiger partial charge in [0.25, 0.3) is 11.8 Å². The van der Waals surface area contributed by atoms with Crippen LogP contribution in [0.4, 0.5) is 11.4 Å². The molecule has 2 amide bonds. The van der Waals surface area contributed by atoms with E-state index < -0.39 is 0 Å². The van der Waals surface area contributed by atoms with E-state index in [0.717, 1.165) is 36.4 Å². The van der Waals surface area contributed by atoms with Crippen molar-refractivity contribution in [1.29, 1.82) is 0 Å². The normalized spacial score (nSPS) is 14.0. The van der Waals surface area contributed by atoms with Crippen molar-refractivity contribution in [2.45, 2.75) is 13.1 Å². The van der Waals surface area contributed by atoms with Gasteiger partial charge in [-0.05, 0) is 40.8 Å². The van der Waals surface area contributed by atoms with Crippen LogP contribution in [0.25, 0.3) is 21.5 Å². The quantitative estimate of drug-likeness (QED) is 0.0514. The molecule has 0 saturated heterocycles. The van der Waals surface area contributed by atoms with E-state index in [2.05, 4.69) is 45.9 Å². The predicted octanol–water partition coefficient (Wildman–Crippen LogP) is 3.45. The average molecular weight is 773 g/mol. The van der Waals surface area contributed by atoms with Crippen LogP contribution in [0, 0.1) is 0 Å². The van der Waals surface area contributed by atoms with Crippen LogP contribution in [0.5, 0.6) is 0 Å². The van der Waals surface area contributed by atoms with E-state index >= 15 is 0 Å². The Bertz CT molecular complexity index is 1860. The maximum absolute atomic E-state index is 13.5. The summed E-state index contributed by atoms with van der Waals surface area (Å²) in [6, 6.07) is 20.1. The molecule has 0 saturated carbocycles. The van der Waals surface area contributed by atoms with Gasteiger partial charge in [0.1, 0.15) is 0 Å². The van der Waals surface area contributed by atoms with Gasteiger partial charge >= 0.3 is 0 Å². The number of hydrogen-bond acceptors (Lipinski definition) is 13. The highest BCUT2D eigenvalue weighted by Crippen LogP contribution is 2.35. The number of nitrogens with one attached hydrogen (secondary N) is 2. The van der Waals surface area contributed by atoms with Crippen LogP contribution >= 0.6 is 0 Å². The van der Waals surface area contributed by atoms with Crippen molar-refractivity contribution >= 4 is 44.7 Å². The van der Waals surface area contributed by atoms with Gasteiger partial charge in [0.2, 0.25) is 0 Å². The Hall–Kier alpha value is -4.22. The molecule has 2 aliphatic heterocycles. The second-order valence-corrected chi connectivity index (χ2v) is 13.6. The summed E-state index contributed by atoms with van der Waals surface area (Å²) in [4.78, 5) is 30.6. The Kier molecular flexibility index (Phi) is 16.2. The third kappa shape index (κ3) is 10.8. The van der Waals surface area contributed by atoms with E-state index in [1.54, 1.807) is 12.1 Å². The molecule has 0 aliphatic carbocycles. The summed E-state index contributed by atoms with van der Waals surface area (Å²) < 4.78 is 33.7. The molecule has 6 N–H and O–H groups in total. The number of rotatable bonds is 27. The zero-order chi connectivity index (χ0) is 39.0. The van der Waals surface area contributed by atoms with Crippen LogP contribution in [-0.4, -0.2) is 140 Å². The fourth-order valence-corrected chi connectivity index (χ4v) is 7.18. The van der Waals surface area contributed by atoms with Crippen LogP contribution in [-0.2, 0) is 41.5 Å². The minimum absolute atomic E-state index is 0.161. The standard InChI is InChI=1S/C42H56N6O8/c43-11-17-51-23-25-53-19-13-45-37-9-7-32-30-47(29-31-3-1-4-33(37)39(31)32)15-21-55-27-28-56-22-16-48-41(49)35-6-2-5-34-38(10-8-36(40(34)35)42(48)50)46-14-20-54-26-24-52-18-12-44/h1-10,45-46H,11-30,43-44H2. The van der Waals surface area contributed by atoms with Crippen LogP contribution in [0.2, 0.25) is 0 Å². The van der Waals surface area contributed by atoms with Crippen molar-refractivity contribution in [3.8, 4) is 0 Å². The lowest BCUT2D eigenvalue weighted by Gasteiger charge is -2.29. The van der Waals surface area contributed by atoms with E-state index in [-0.39, 0.29) is 25.0 Å². The fourth-order valence-electron chi connectivity index (χ4n) is 7.18. The van der Waals surface area contributed by atoms with Crippen molar-refractivity contribution in [1.82, 2.24) is 9.80 Å². The van der Waals surface area contributed by atoms with Gasteiger partial charge in [-0.15, -0.1) is 0 Å². The van der Waals surface area contributed by atoms with Crippen LogP contribution in [0.15, 0.2) is 60.7 Å². The molecule has 14 heteroatoms. The average Bonchev–Trinajstić information content (AvgIpc) is 3.22. The van der Waals surface area contributed by atoms with Gasteiger partial charge in [0.15, 0.2) is 0 Å². The van der Waals surface area contributed by atoms with Gasteiger partial charge < -0.3 is 50.5 Å². The van der Waals surface area contributed by atoms with Crippen molar-refractivity contribution in [2.75, 3.05) is 129 Å². The lowest BCUT2D eigenvalue weighted by atomic mass is 9.93. The van der Waals surface area contributed by atoms with E-state index in [0.29, 0.717) is 115 Å². The maximum atomic E-state index is 13.5. The zero-order valence-electron chi connectivity index (χ0n) is 32.2. The summed E-state index contributed by atoms with van der Waals surface area (Å²) in [5.74, 6) is -0.633. The minimum Gasteiger partial charge on any atom is -0.382 e. The van der Waals surface area contributed by atoms with Gasteiger partial charge in [0.05, 0.1) is 85.8 Å². The molecule has 0 atom stereocenters. The predicted molar refractivity (Wildman–Crippen MR) is 217 cm³/mol. The summed E-state index contributed by atoms with van der Waals surface area (Å²) in [5, 5.41) is 11.0. The first kappa shape index (κ1) is 41.4. The van der Waals surface area contributed by atoms with E-state index in [1.807, 2.05) is 18.2 Å². The molecule has 14 nitrogen and oxygen atoms in total. The van der Waals surface area contributed by atoms with Crippen LogP contribution in [0.1, 0.15) is 31.8 Å². The summed E-state index contributed by atoms with van der Waals surface area (Å²) in [5.41, 5.74) is 16.5. The third-order valence-corrected chi connectivity index (χ3v) is 9.77. The molecule has 0 spiro atoms. The van der Waals surface area contributed by atoms with E-state index in [9.17, 15) is 9.59 Å². The Morgan fingerprint density at radius 2 is 0.982 bits per heavy atom. The highest BCUT2D eigenvalue weighted by atomic mass is 16.5. The van der Waals surface area contributed by atoms with Crippen molar-refractivity contribution < 1.29 is 38.0 Å². The molecule has 0 radical (unpaired) electrons. The molecular formula is C42H56N6O8. The third-order valence-electron chi connectivity index (χ3n) is 9.77. The van der Waals surface area contributed by atoms with E-state index in [1.165, 1.54) is 26.8 Å². The Balaban J connectivity index is 0.885. The topological polar surface area (TPSA) is 172 Å². The summed E-state index contributed by atoms with van der Waals surface area (Å²) in [7, 11) is 0. The van der Waals surface area contributed by atoms with Gasteiger partial charge in [-0.3, -0.25) is 19.4 Å². The first-order valence-electron chi connectivity index (χ1n) is 19.6. The second kappa shape index (κ2) is 21.9. The van der Waals surface area contributed by atoms with Gasteiger partial charge in [-0.1, -0.05) is 36.4 Å². The van der Waals surface area contributed by atoms with Crippen molar-refractivity contribution in [3.05, 3.63) is 82.9 Å². The fraction of sp³-hybridized carbons (Fsp3) is 0.476. The molecule has 2 heterocycles. The number of nitrogens with two attached hydrogens (primary N) is 2. The number of amides is 2. The molecule has 6 rings (SSSR count). The van der Waals surface area contributed by atoms with Gasteiger partial charge in [0, 0.05) is 84.5 Å². The number of imide groups is 1. The largest absolute Gasteiger partial charge is 0.382 e. The number of carbonyl (C=O) groups is 2. The number of anilines is 2. The molecule has 0 unspecified atom stereocenters. The number of ether oxygens (including phenoxy) is 6. The number of benzene rings is 4. The summed E-state index contributed by atoms with van der Waals surface area (Å²) in [6.07, 6.45) is 0. The maximum Gasteiger partial charge on any atom is 0.261 e. The summed E-state index contributed by atoms with van der Waals surface area (Å²) in [6.45, 7) is 10.8. The highest BCUT2D eigenvalue weighted by Gasteiger charge is 2.33. The van der Waals surface area contributed by atoms with Crippen molar-refractivity contribution in [2.24, 2.45) is 11.5 Å².